The Labute approximate surface area is 198 Å². The Morgan fingerprint density at radius 3 is 2.54 bits per heavy atom. The number of nitrogens with one attached hydrogen (secondary N) is 2. The molecule has 3 N–H and O–H groups in total. The lowest BCUT2D eigenvalue weighted by atomic mass is 10.0. The number of carboxylic acid groups (broad SMARTS) is 1. The van der Waals surface area contributed by atoms with Gasteiger partial charge < -0.3 is 14.7 Å². The Kier molecular flexibility index (Phi) is 6.03. The van der Waals surface area contributed by atoms with Crippen LogP contribution >= 0.6 is 0 Å². The fourth-order valence-corrected chi connectivity index (χ4v) is 4.41. The number of sulfonamides is 1. The molecule has 2 aromatic carbocycles. The SMILES string of the molecule is Cc1ccc2c(c1)c(-c1ccc[nH]c1=O)c(C(=O)NS(C)(=O)=O)n2Cc1cc(C(=O)O)ccc1F. The summed E-state index contributed by atoms with van der Waals surface area (Å²) in [6.07, 6.45) is 2.23. The largest absolute Gasteiger partial charge is 0.478 e. The molecular formula is C24H20FN3O6S. The zero-order valence-corrected chi connectivity index (χ0v) is 19.4. The molecule has 0 aliphatic heterocycles. The summed E-state index contributed by atoms with van der Waals surface area (Å²) in [6.45, 7) is 1.51. The molecule has 0 unspecified atom stereocenters. The molecule has 0 atom stereocenters. The lowest BCUT2D eigenvalue weighted by Crippen LogP contribution is -2.32. The minimum absolute atomic E-state index is 0.0377. The van der Waals surface area contributed by atoms with Crippen LogP contribution in [0.2, 0.25) is 0 Å². The van der Waals surface area contributed by atoms with Crippen LogP contribution in [0.4, 0.5) is 4.39 Å². The van der Waals surface area contributed by atoms with E-state index in [-0.39, 0.29) is 34.5 Å². The predicted octanol–water partition coefficient (Wildman–Crippen LogP) is 2.88. The third-order valence-corrected chi connectivity index (χ3v) is 5.98. The second-order valence-corrected chi connectivity index (χ2v) is 9.81. The number of hydrogen-bond acceptors (Lipinski definition) is 5. The normalized spacial score (nSPS) is 11.5. The molecule has 4 aromatic rings. The minimum Gasteiger partial charge on any atom is -0.478 e. The molecule has 11 heteroatoms. The molecule has 0 radical (unpaired) electrons. The van der Waals surface area contributed by atoms with Gasteiger partial charge in [-0.05, 0) is 49.4 Å². The van der Waals surface area contributed by atoms with Gasteiger partial charge >= 0.3 is 5.97 Å². The zero-order chi connectivity index (χ0) is 25.5. The smallest absolute Gasteiger partial charge is 0.335 e. The van der Waals surface area contributed by atoms with E-state index in [1.807, 2.05) is 11.6 Å². The molecule has 0 aliphatic rings. The van der Waals surface area contributed by atoms with E-state index in [2.05, 4.69) is 4.98 Å². The second-order valence-electron chi connectivity index (χ2n) is 8.06. The van der Waals surface area contributed by atoms with Gasteiger partial charge in [-0.3, -0.25) is 9.59 Å². The Balaban J connectivity index is 2.09. The first kappa shape index (κ1) is 23.9. The number of amides is 1. The number of aromatic nitrogens is 2. The molecule has 35 heavy (non-hydrogen) atoms. The van der Waals surface area contributed by atoms with E-state index in [1.54, 1.807) is 24.3 Å². The maximum atomic E-state index is 14.7. The summed E-state index contributed by atoms with van der Waals surface area (Å²) in [5.74, 6) is -2.99. The summed E-state index contributed by atoms with van der Waals surface area (Å²) in [5, 5.41) is 9.79. The summed E-state index contributed by atoms with van der Waals surface area (Å²) < 4.78 is 41.8. The molecule has 0 saturated heterocycles. The molecule has 2 aromatic heterocycles. The quantitative estimate of drug-likeness (QED) is 0.375. The van der Waals surface area contributed by atoms with Gasteiger partial charge in [0.15, 0.2) is 0 Å². The molecular weight excluding hydrogens is 477 g/mol. The standard InChI is InChI=1S/C24H20FN3O6S/c1-13-5-8-19-17(10-13)20(16-4-3-9-26-22(16)29)21(23(30)27-35(2,33)34)28(19)12-15-11-14(24(31)32)6-7-18(15)25/h3-11H,12H2,1-2H3,(H,26,29)(H,27,30)(H,31,32). The molecule has 2 heterocycles. The van der Waals surface area contributed by atoms with Gasteiger partial charge in [0.25, 0.3) is 11.5 Å². The lowest BCUT2D eigenvalue weighted by molar-refractivity contribution is 0.0696. The van der Waals surface area contributed by atoms with Crippen LogP contribution in [-0.4, -0.2) is 41.2 Å². The van der Waals surface area contributed by atoms with E-state index in [1.165, 1.54) is 16.8 Å². The number of carboxylic acids is 1. The van der Waals surface area contributed by atoms with Crippen LogP contribution in [0.15, 0.2) is 59.5 Å². The van der Waals surface area contributed by atoms with E-state index in [0.717, 1.165) is 30.0 Å². The Hall–Kier alpha value is -4.25. The summed E-state index contributed by atoms with van der Waals surface area (Å²) in [4.78, 5) is 40.0. The number of carbonyl (C=O) groups excluding carboxylic acids is 1. The first-order chi connectivity index (χ1) is 16.5. The highest BCUT2D eigenvalue weighted by Crippen LogP contribution is 2.35. The van der Waals surface area contributed by atoms with Crippen molar-refractivity contribution in [2.24, 2.45) is 0 Å². The van der Waals surface area contributed by atoms with Crippen molar-refractivity contribution in [3.8, 4) is 11.1 Å². The van der Waals surface area contributed by atoms with Crippen LogP contribution in [-0.2, 0) is 16.6 Å². The van der Waals surface area contributed by atoms with Gasteiger partial charge in [-0.1, -0.05) is 11.6 Å². The van der Waals surface area contributed by atoms with Crippen molar-refractivity contribution in [3.05, 3.63) is 93.3 Å². The van der Waals surface area contributed by atoms with Crippen LogP contribution in [0, 0.1) is 12.7 Å². The third kappa shape index (κ3) is 4.71. The number of aromatic carboxylic acids is 1. The van der Waals surface area contributed by atoms with Gasteiger partial charge in [0.05, 0.1) is 18.4 Å². The summed E-state index contributed by atoms with van der Waals surface area (Å²) in [7, 11) is -3.99. The lowest BCUT2D eigenvalue weighted by Gasteiger charge is -2.13. The van der Waals surface area contributed by atoms with Gasteiger partial charge in [0, 0.05) is 33.8 Å². The van der Waals surface area contributed by atoms with Crippen molar-refractivity contribution in [2.75, 3.05) is 6.26 Å². The number of hydrogen-bond donors (Lipinski definition) is 3. The van der Waals surface area contributed by atoms with E-state index in [4.69, 9.17) is 0 Å². The number of aryl methyl sites for hydroxylation is 1. The number of benzene rings is 2. The van der Waals surface area contributed by atoms with E-state index < -0.39 is 33.3 Å². The van der Waals surface area contributed by atoms with Crippen LogP contribution < -0.4 is 10.3 Å². The number of halogens is 1. The molecule has 9 nitrogen and oxygen atoms in total. The summed E-state index contributed by atoms with van der Waals surface area (Å²) in [6, 6.07) is 11.5. The highest BCUT2D eigenvalue weighted by Gasteiger charge is 2.27. The van der Waals surface area contributed by atoms with Crippen molar-refractivity contribution in [1.82, 2.24) is 14.3 Å². The molecule has 0 aliphatic carbocycles. The van der Waals surface area contributed by atoms with Crippen molar-refractivity contribution < 1.29 is 27.5 Å². The topological polar surface area (TPSA) is 138 Å². The number of fused-ring (bicyclic) bond motifs is 1. The van der Waals surface area contributed by atoms with Crippen LogP contribution in [0.3, 0.4) is 0 Å². The number of carbonyl (C=O) groups is 2. The van der Waals surface area contributed by atoms with E-state index in [9.17, 15) is 32.3 Å². The molecule has 0 spiro atoms. The highest BCUT2D eigenvalue weighted by atomic mass is 32.2. The number of rotatable bonds is 6. The molecule has 0 bridgehead atoms. The van der Waals surface area contributed by atoms with Crippen LogP contribution in [0.25, 0.3) is 22.0 Å². The predicted molar refractivity (Wildman–Crippen MR) is 128 cm³/mol. The molecule has 180 valence electrons. The second kappa shape index (κ2) is 8.84. The number of aromatic amines is 1. The monoisotopic (exact) mass is 497 g/mol. The van der Waals surface area contributed by atoms with Gasteiger partial charge in [-0.15, -0.1) is 0 Å². The highest BCUT2D eigenvalue weighted by molar-refractivity contribution is 7.89. The van der Waals surface area contributed by atoms with Gasteiger partial charge in [0.1, 0.15) is 11.5 Å². The average molecular weight is 498 g/mol. The average Bonchev–Trinajstić information content (AvgIpc) is 3.07. The van der Waals surface area contributed by atoms with Gasteiger partial charge in [-0.2, -0.15) is 0 Å². The minimum atomic E-state index is -3.99. The number of pyridine rings is 1. The van der Waals surface area contributed by atoms with Crippen LogP contribution in [0.1, 0.15) is 32.0 Å². The maximum Gasteiger partial charge on any atom is 0.335 e. The van der Waals surface area contributed by atoms with Crippen molar-refractivity contribution in [2.45, 2.75) is 13.5 Å². The zero-order valence-electron chi connectivity index (χ0n) is 18.6. The fourth-order valence-electron chi connectivity index (χ4n) is 3.98. The maximum absolute atomic E-state index is 14.7. The van der Waals surface area contributed by atoms with E-state index >= 15 is 0 Å². The first-order valence-corrected chi connectivity index (χ1v) is 12.2. The molecule has 4 rings (SSSR count). The Morgan fingerprint density at radius 2 is 1.89 bits per heavy atom. The van der Waals surface area contributed by atoms with Gasteiger partial charge in [-0.25, -0.2) is 22.3 Å². The van der Waals surface area contributed by atoms with Crippen molar-refractivity contribution in [1.29, 1.82) is 0 Å². The van der Waals surface area contributed by atoms with Crippen LogP contribution in [0.5, 0.6) is 0 Å². The Bertz CT molecular complexity index is 1670. The summed E-state index contributed by atoms with van der Waals surface area (Å²) >= 11 is 0. The first-order valence-electron chi connectivity index (χ1n) is 10.3. The Morgan fingerprint density at radius 1 is 1.14 bits per heavy atom. The third-order valence-electron chi connectivity index (χ3n) is 5.42. The fraction of sp³-hybridized carbons (Fsp3) is 0.125. The molecule has 0 fully saturated rings. The van der Waals surface area contributed by atoms with Crippen molar-refractivity contribution >= 4 is 32.8 Å². The molecule has 0 saturated carbocycles. The van der Waals surface area contributed by atoms with Crippen molar-refractivity contribution in [3.63, 3.8) is 0 Å². The summed E-state index contributed by atoms with van der Waals surface area (Å²) in [5.41, 5.74) is 0.611. The van der Waals surface area contributed by atoms with Gasteiger partial charge in [0.2, 0.25) is 10.0 Å². The number of nitrogens with zero attached hydrogens (tertiary/aromatic N) is 1. The van der Waals surface area contributed by atoms with E-state index in [0.29, 0.717) is 10.9 Å². The number of H-pyrrole nitrogens is 1. The molecule has 1 amide bonds.